The van der Waals surface area contributed by atoms with E-state index in [0.717, 1.165) is 13.0 Å². The monoisotopic (exact) mass is 232 g/mol. The van der Waals surface area contributed by atoms with Crippen LogP contribution >= 0.6 is 0 Å². The topological polar surface area (TPSA) is 86.2 Å². The molecule has 0 bridgehead atoms. The first-order valence-corrected chi connectivity index (χ1v) is 5.70. The molecule has 0 saturated carbocycles. The standard InChI is InChI=1S/C12H16N4O/c1-8-2-3-16(7-11(8)17)12-9(5-13)4-10(14)6-15-12/h4,6,8,11,17H,2-3,7,14H2,1H3. The fraction of sp³-hybridized carbons (Fsp3) is 0.500. The Morgan fingerprint density at radius 3 is 3.06 bits per heavy atom. The molecule has 2 unspecified atom stereocenters. The van der Waals surface area contributed by atoms with Gasteiger partial charge in [-0.25, -0.2) is 4.98 Å². The Hall–Kier alpha value is -1.80. The van der Waals surface area contributed by atoms with Gasteiger partial charge in [-0.3, -0.25) is 0 Å². The van der Waals surface area contributed by atoms with Gasteiger partial charge in [-0.2, -0.15) is 5.26 Å². The third-order valence-corrected chi connectivity index (χ3v) is 3.23. The van der Waals surface area contributed by atoms with Crippen LogP contribution in [0.25, 0.3) is 0 Å². The van der Waals surface area contributed by atoms with Gasteiger partial charge >= 0.3 is 0 Å². The fourth-order valence-electron chi connectivity index (χ4n) is 2.05. The summed E-state index contributed by atoms with van der Waals surface area (Å²) >= 11 is 0. The van der Waals surface area contributed by atoms with Crippen LogP contribution in [-0.2, 0) is 0 Å². The number of aliphatic hydroxyl groups excluding tert-OH is 1. The largest absolute Gasteiger partial charge is 0.397 e. The number of aliphatic hydroxyl groups is 1. The maximum absolute atomic E-state index is 9.85. The summed E-state index contributed by atoms with van der Waals surface area (Å²) in [5.41, 5.74) is 6.55. The number of β-amino-alcohol motifs (C(OH)–C–C–N with tert-alkyl or cyclic N) is 1. The highest BCUT2D eigenvalue weighted by molar-refractivity contribution is 5.59. The van der Waals surface area contributed by atoms with Crippen molar-refractivity contribution in [2.45, 2.75) is 19.4 Å². The van der Waals surface area contributed by atoms with E-state index in [9.17, 15) is 5.11 Å². The molecule has 2 rings (SSSR count). The molecule has 3 N–H and O–H groups in total. The van der Waals surface area contributed by atoms with Crippen molar-refractivity contribution in [2.75, 3.05) is 23.7 Å². The van der Waals surface area contributed by atoms with Crippen LogP contribution in [0.5, 0.6) is 0 Å². The van der Waals surface area contributed by atoms with E-state index in [-0.39, 0.29) is 6.10 Å². The quantitative estimate of drug-likeness (QED) is 0.746. The summed E-state index contributed by atoms with van der Waals surface area (Å²) in [6.45, 7) is 3.36. The molecule has 0 radical (unpaired) electrons. The number of nitrogens with two attached hydrogens (primary N) is 1. The number of nitrogen functional groups attached to an aromatic ring is 1. The molecule has 2 atom stereocenters. The van der Waals surface area contributed by atoms with Crippen LogP contribution < -0.4 is 10.6 Å². The second-order valence-corrected chi connectivity index (χ2v) is 4.53. The lowest BCUT2D eigenvalue weighted by Crippen LogP contribution is -2.43. The highest BCUT2D eigenvalue weighted by Gasteiger charge is 2.26. The van der Waals surface area contributed by atoms with Gasteiger partial charge in [-0.05, 0) is 18.4 Å². The second-order valence-electron chi connectivity index (χ2n) is 4.53. The summed E-state index contributed by atoms with van der Waals surface area (Å²) < 4.78 is 0. The van der Waals surface area contributed by atoms with E-state index in [0.29, 0.717) is 29.5 Å². The lowest BCUT2D eigenvalue weighted by Gasteiger charge is -2.35. The first-order chi connectivity index (χ1) is 8.11. The lowest BCUT2D eigenvalue weighted by molar-refractivity contribution is 0.102. The zero-order chi connectivity index (χ0) is 12.4. The molecule has 0 spiro atoms. The van der Waals surface area contributed by atoms with Crippen molar-refractivity contribution in [1.82, 2.24) is 4.98 Å². The molecule has 1 fully saturated rings. The number of nitrogens with zero attached hydrogens (tertiary/aromatic N) is 3. The van der Waals surface area contributed by atoms with Crippen LogP contribution in [-0.4, -0.2) is 29.3 Å². The van der Waals surface area contributed by atoms with Crippen LogP contribution in [0.2, 0.25) is 0 Å². The van der Waals surface area contributed by atoms with Crippen molar-refractivity contribution in [3.8, 4) is 6.07 Å². The van der Waals surface area contributed by atoms with E-state index in [1.807, 2.05) is 11.8 Å². The number of nitriles is 1. The number of aromatic nitrogens is 1. The third kappa shape index (κ3) is 2.32. The average Bonchev–Trinajstić information content (AvgIpc) is 2.32. The smallest absolute Gasteiger partial charge is 0.146 e. The highest BCUT2D eigenvalue weighted by atomic mass is 16.3. The summed E-state index contributed by atoms with van der Waals surface area (Å²) in [6, 6.07) is 3.71. The molecule has 1 aliphatic rings. The van der Waals surface area contributed by atoms with E-state index in [1.54, 1.807) is 12.3 Å². The molecule has 5 heteroatoms. The van der Waals surface area contributed by atoms with Crippen LogP contribution in [0, 0.1) is 17.2 Å². The van der Waals surface area contributed by atoms with Crippen molar-refractivity contribution < 1.29 is 5.11 Å². The molecular weight excluding hydrogens is 216 g/mol. The first kappa shape index (κ1) is 11.7. The molecule has 17 heavy (non-hydrogen) atoms. The normalized spacial score (nSPS) is 24.4. The fourth-order valence-corrected chi connectivity index (χ4v) is 2.05. The maximum Gasteiger partial charge on any atom is 0.146 e. The molecule has 0 aliphatic carbocycles. The summed E-state index contributed by atoms with van der Waals surface area (Å²) in [7, 11) is 0. The Morgan fingerprint density at radius 2 is 2.41 bits per heavy atom. The van der Waals surface area contributed by atoms with Gasteiger partial charge < -0.3 is 15.7 Å². The van der Waals surface area contributed by atoms with Crippen molar-refractivity contribution in [2.24, 2.45) is 5.92 Å². The predicted octanol–water partition coefficient (Wildman–Crippen LogP) is 0.743. The van der Waals surface area contributed by atoms with Gasteiger partial charge in [-0.1, -0.05) is 6.92 Å². The molecule has 0 amide bonds. The highest BCUT2D eigenvalue weighted by Crippen LogP contribution is 2.25. The van der Waals surface area contributed by atoms with Crippen LogP contribution in [0.1, 0.15) is 18.9 Å². The third-order valence-electron chi connectivity index (χ3n) is 3.23. The molecule has 2 heterocycles. The van der Waals surface area contributed by atoms with Crippen molar-refractivity contribution >= 4 is 11.5 Å². The summed E-state index contributed by atoms with van der Waals surface area (Å²) in [5, 5.41) is 18.9. The minimum absolute atomic E-state index is 0.297. The molecule has 1 aliphatic heterocycles. The Morgan fingerprint density at radius 1 is 1.65 bits per heavy atom. The summed E-state index contributed by atoms with van der Waals surface area (Å²) in [6.07, 6.45) is 2.08. The van der Waals surface area contributed by atoms with Gasteiger partial charge in [0, 0.05) is 13.1 Å². The average molecular weight is 232 g/mol. The van der Waals surface area contributed by atoms with Gasteiger partial charge in [0.05, 0.1) is 23.6 Å². The summed E-state index contributed by atoms with van der Waals surface area (Å²) in [5.74, 6) is 0.915. The number of hydrogen-bond acceptors (Lipinski definition) is 5. The molecule has 0 aromatic carbocycles. The molecular formula is C12H16N4O. The van der Waals surface area contributed by atoms with Crippen molar-refractivity contribution in [3.63, 3.8) is 0 Å². The van der Waals surface area contributed by atoms with Gasteiger partial charge in [0.15, 0.2) is 0 Å². The molecule has 1 aromatic heterocycles. The van der Waals surface area contributed by atoms with Crippen LogP contribution in [0.3, 0.4) is 0 Å². The maximum atomic E-state index is 9.85. The first-order valence-electron chi connectivity index (χ1n) is 5.70. The minimum atomic E-state index is -0.366. The number of anilines is 2. The SMILES string of the molecule is CC1CCN(c2ncc(N)cc2C#N)CC1O. The zero-order valence-electron chi connectivity index (χ0n) is 9.80. The Kier molecular flexibility index (Phi) is 3.16. The van der Waals surface area contributed by atoms with Gasteiger partial charge in [-0.15, -0.1) is 0 Å². The van der Waals surface area contributed by atoms with E-state index < -0.39 is 0 Å². The van der Waals surface area contributed by atoms with E-state index in [4.69, 9.17) is 11.0 Å². The number of pyridine rings is 1. The lowest BCUT2D eigenvalue weighted by atomic mass is 9.96. The van der Waals surface area contributed by atoms with E-state index in [1.165, 1.54) is 0 Å². The predicted molar refractivity (Wildman–Crippen MR) is 65.4 cm³/mol. The number of hydrogen-bond donors (Lipinski definition) is 2. The Labute approximate surface area is 100 Å². The van der Waals surface area contributed by atoms with Crippen molar-refractivity contribution in [1.29, 1.82) is 5.26 Å². The van der Waals surface area contributed by atoms with Gasteiger partial charge in [0.2, 0.25) is 0 Å². The van der Waals surface area contributed by atoms with Gasteiger partial charge in [0.25, 0.3) is 0 Å². The molecule has 1 aromatic rings. The minimum Gasteiger partial charge on any atom is -0.397 e. The molecule has 90 valence electrons. The van der Waals surface area contributed by atoms with Crippen LogP contribution in [0.15, 0.2) is 12.3 Å². The number of piperidine rings is 1. The Bertz CT molecular complexity index is 454. The summed E-state index contributed by atoms with van der Waals surface area (Å²) in [4.78, 5) is 6.15. The van der Waals surface area contributed by atoms with Crippen LogP contribution in [0.4, 0.5) is 11.5 Å². The van der Waals surface area contributed by atoms with E-state index >= 15 is 0 Å². The second kappa shape index (κ2) is 4.60. The number of rotatable bonds is 1. The Balaban J connectivity index is 2.26. The van der Waals surface area contributed by atoms with E-state index in [2.05, 4.69) is 11.1 Å². The van der Waals surface area contributed by atoms with Crippen molar-refractivity contribution in [3.05, 3.63) is 17.8 Å². The zero-order valence-corrected chi connectivity index (χ0v) is 9.80. The molecule has 1 saturated heterocycles. The van der Waals surface area contributed by atoms with Gasteiger partial charge in [0.1, 0.15) is 11.9 Å². The molecule has 5 nitrogen and oxygen atoms in total.